The second kappa shape index (κ2) is 6.84. The van der Waals surface area contributed by atoms with Crippen molar-refractivity contribution in [2.24, 2.45) is 0 Å². The molecule has 3 aromatic rings. The van der Waals surface area contributed by atoms with E-state index in [0.29, 0.717) is 17.0 Å². The van der Waals surface area contributed by atoms with Crippen LogP contribution < -0.4 is 10.2 Å². The van der Waals surface area contributed by atoms with Crippen molar-refractivity contribution in [1.29, 1.82) is 0 Å². The second-order valence-corrected chi connectivity index (χ2v) is 7.38. The van der Waals surface area contributed by atoms with Crippen LogP contribution in [0.3, 0.4) is 0 Å². The molecule has 0 radical (unpaired) electrons. The van der Waals surface area contributed by atoms with Crippen LogP contribution in [0.4, 0.5) is 10.6 Å². The highest BCUT2D eigenvalue weighted by Gasteiger charge is 2.38. The van der Waals surface area contributed by atoms with Crippen molar-refractivity contribution in [3.8, 4) is 0 Å². The maximum absolute atomic E-state index is 12.7. The molecule has 2 aliphatic rings. The molecule has 0 spiro atoms. The Kier molecular flexibility index (Phi) is 4.15. The average molecular weight is 392 g/mol. The van der Waals surface area contributed by atoms with Gasteiger partial charge in [0.1, 0.15) is 24.0 Å². The lowest BCUT2D eigenvalue weighted by atomic mass is 10.00. The minimum absolute atomic E-state index is 0.00336. The van der Waals surface area contributed by atoms with Crippen molar-refractivity contribution in [2.45, 2.75) is 38.3 Å². The number of nitrogens with zero attached hydrogens (tertiary/aromatic N) is 5. The number of aryl methyl sites for hydroxylation is 1. The van der Waals surface area contributed by atoms with E-state index in [2.05, 4.69) is 20.4 Å². The van der Waals surface area contributed by atoms with Crippen molar-refractivity contribution in [3.63, 3.8) is 0 Å². The summed E-state index contributed by atoms with van der Waals surface area (Å²) in [6.07, 6.45) is 6.91. The maximum atomic E-state index is 12.7. The molecule has 2 unspecified atom stereocenters. The molecule has 1 fully saturated rings. The lowest BCUT2D eigenvalue weighted by Gasteiger charge is -2.23. The van der Waals surface area contributed by atoms with E-state index in [9.17, 15) is 9.59 Å². The molecule has 2 bridgehead atoms. The van der Waals surface area contributed by atoms with Crippen LogP contribution in [0.2, 0.25) is 0 Å². The number of rotatable bonds is 0. The summed E-state index contributed by atoms with van der Waals surface area (Å²) in [5.41, 5.74) is 2.67. The van der Waals surface area contributed by atoms with Crippen molar-refractivity contribution >= 4 is 23.5 Å². The van der Waals surface area contributed by atoms with Gasteiger partial charge in [0.05, 0.1) is 6.20 Å². The van der Waals surface area contributed by atoms with Gasteiger partial charge in [0.25, 0.3) is 5.91 Å². The summed E-state index contributed by atoms with van der Waals surface area (Å²) < 4.78 is 6.89. The molecule has 2 atom stereocenters. The highest BCUT2D eigenvalue weighted by Crippen LogP contribution is 2.34. The van der Waals surface area contributed by atoms with E-state index in [4.69, 9.17) is 4.74 Å². The molecule has 0 saturated carbocycles. The molecule has 2 aliphatic heterocycles. The van der Waals surface area contributed by atoms with Crippen molar-refractivity contribution in [2.75, 3.05) is 11.5 Å². The van der Waals surface area contributed by atoms with Gasteiger partial charge in [0.15, 0.2) is 5.65 Å². The summed E-state index contributed by atoms with van der Waals surface area (Å²) in [5, 5.41) is 7.23. The van der Waals surface area contributed by atoms with Gasteiger partial charge in [-0.3, -0.25) is 14.7 Å². The number of hydrogen-bond donors (Lipinski definition) is 1. The molecule has 9 nitrogen and oxygen atoms in total. The van der Waals surface area contributed by atoms with Gasteiger partial charge in [-0.05, 0) is 38.3 Å². The van der Waals surface area contributed by atoms with Crippen LogP contribution in [0.1, 0.15) is 47.4 Å². The molecule has 0 aromatic carbocycles. The number of carbonyl (C=O) groups excluding carboxylic acids is 2. The zero-order valence-corrected chi connectivity index (χ0v) is 15.9. The number of fused-ring (bicyclic) bond motifs is 5. The SMILES string of the molecule is CC1CCCc2ncccc2C2COC(=O)N2c2ccn3ncc(c3n2)C(=O)N1. The van der Waals surface area contributed by atoms with E-state index in [1.165, 1.54) is 15.6 Å². The smallest absolute Gasteiger partial charge is 0.416 e. The van der Waals surface area contributed by atoms with Crippen LogP contribution in [-0.4, -0.2) is 44.2 Å². The first kappa shape index (κ1) is 17.6. The predicted octanol–water partition coefficient (Wildman–Crippen LogP) is 2.28. The molecule has 9 heteroatoms. The van der Waals surface area contributed by atoms with E-state index in [0.717, 1.165) is 30.5 Å². The average Bonchev–Trinajstić information content (AvgIpc) is 3.30. The molecular formula is C20H20N6O3. The van der Waals surface area contributed by atoms with Crippen LogP contribution in [0.25, 0.3) is 5.65 Å². The first-order valence-corrected chi connectivity index (χ1v) is 9.67. The van der Waals surface area contributed by atoms with Gasteiger partial charge in [0.2, 0.25) is 0 Å². The van der Waals surface area contributed by atoms with Gasteiger partial charge in [-0.2, -0.15) is 5.10 Å². The Labute approximate surface area is 166 Å². The number of nitrogens with one attached hydrogen (secondary N) is 1. The number of amides is 2. The molecule has 1 saturated heterocycles. The topological polar surface area (TPSA) is 102 Å². The quantitative estimate of drug-likeness (QED) is 0.630. The summed E-state index contributed by atoms with van der Waals surface area (Å²) in [5.74, 6) is 0.188. The lowest BCUT2D eigenvalue weighted by molar-refractivity contribution is 0.0939. The van der Waals surface area contributed by atoms with E-state index < -0.39 is 6.09 Å². The number of pyridine rings is 1. The van der Waals surface area contributed by atoms with Crippen molar-refractivity contribution < 1.29 is 14.3 Å². The number of carbonyl (C=O) groups is 2. The third kappa shape index (κ3) is 2.98. The van der Waals surface area contributed by atoms with Crippen LogP contribution in [0.15, 0.2) is 36.8 Å². The van der Waals surface area contributed by atoms with Crippen LogP contribution in [-0.2, 0) is 11.2 Å². The maximum Gasteiger partial charge on any atom is 0.416 e. The minimum Gasteiger partial charge on any atom is -0.447 e. The second-order valence-electron chi connectivity index (χ2n) is 7.38. The van der Waals surface area contributed by atoms with Crippen LogP contribution in [0, 0.1) is 0 Å². The van der Waals surface area contributed by atoms with Gasteiger partial charge in [-0.25, -0.2) is 14.3 Å². The first-order chi connectivity index (χ1) is 14.1. The Morgan fingerprint density at radius 2 is 2.17 bits per heavy atom. The summed E-state index contributed by atoms with van der Waals surface area (Å²) in [4.78, 5) is 36.0. The van der Waals surface area contributed by atoms with E-state index in [1.54, 1.807) is 18.5 Å². The fraction of sp³-hybridized carbons (Fsp3) is 0.350. The number of aromatic nitrogens is 4. The number of hydrogen-bond acceptors (Lipinski definition) is 6. The van der Waals surface area contributed by atoms with Crippen molar-refractivity contribution in [3.05, 3.63) is 53.6 Å². The van der Waals surface area contributed by atoms with Gasteiger partial charge in [-0.1, -0.05) is 6.07 Å². The normalized spacial score (nSPS) is 22.0. The molecule has 148 valence electrons. The number of cyclic esters (lactones) is 1. The first-order valence-electron chi connectivity index (χ1n) is 9.67. The van der Waals surface area contributed by atoms with Crippen molar-refractivity contribution in [1.82, 2.24) is 24.9 Å². The van der Waals surface area contributed by atoms with Gasteiger partial charge in [-0.15, -0.1) is 0 Å². The van der Waals surface area contributed by atoms with E-state index in [1.807, 2.05) is 19.1 Å². The fourth-order valence-electron chi connectivity index (χ4n) is 3.97. The molecule has 0 aliphatic carbocycles. The third-order valence-electron chi connectivity index (χ3n) is 5.43. The molecule has 5 rings (SSSR count). The summed E-state index contributed by atoms with van der Waals surface area (Å²) >= 11 is 0. The fourth-order valence-corrected chi connectivity index (χ4v) is 3.97. The highest BCUT2D eigenvalue weighted by molar-refractivity contribution is 6.00. The zero-order valence-electron chi connectivity index (χ0n) is 15.9. The lowest BCUT2D eigenvalue weighted by Crippen LogP contribution is -2.33. The predicted molar refractivity (Wildman–Crippen MR) is 104 cm³/mol. The Bertz CT molecular complexity index is 1110. The Hall–Kier alpha value is -3.49. The highest BCUT2D eigenvalue weighted by atomic mass is 16.6. The summed E-state index contributed by atoms with van der Waals surface area (Å²) in [6.45, 7) is 2.21. The third-order valence-corrected chi connectivity index (χ3v) is 5.43. The minimum atomic E-state index is -0.465. The number of ether oxygens (including phenoxy) is 1. The largest absolute Gasteiger partial charge is 0.447 e. The van der Waals surface area contributed by atoms with Crippen LogP contribution in [0.5, 0.6) is 0 Å². The molecule has 2 amide bonds. The van der Waals surface area contributed by atoms with E-state index >= 15 is 0 Å². The van der Waals surface area contributed by atoms with Crippen LogP contribution >= 0.6 is 0 Å². The molecular weight excluding hydrogens is 372 g/mol. The van der Waals surface area contributed by atoms with Gasteiger partial charge < -0.3 is 10.1 Å². The number of anilines is 1. The molecule has 1 N–H and O–H groups in total. The Morgan fingerprint density at radius 3 is 3.07 bits per heavy atom. The van der Waals surface area contributed by atoms with E-state index in [-0.39, 0.29) is 24.6 Å². The Balaban J connectivity index is 1.68. The summed E-state index contributed by atoms with van der Waals surface area (Å²) in [6, 6.07) is 5.25. The summed E-state index contributed by atoms with van der Waals surface area (Å²) in [7, 11) is 0. The Morgan fingerprint density at radius 1 is 1.28 bits per heavy atom. The zero-order chi connectivity index (χ0) is 20.0. The molecule has 3 aromatic heterocycles. The van der Waals surface area contributed by atoms with Gasteiger partial charge in [0, 0.05) is 29.7 Å². The monoisotopic (exact) mass is 392 g/mol. The van der Waals surface area contributed by atoms with Gasteiger partial charge >= 0.3 is 6.09 Å². The standard InChI is InChI=1S/C20H20N6O3/c1-12-4-2-6-15-13(5-3-8-21-15)16-11-29-20(28)26(16)17-7-9-25-18(24-17)14(10-22-25)19(27)23-12/h3,5,7-10,12,16H,2,4,6,11H2,1H3,(H,23,27). The molecule has 5 heterocycles. The molecule has 29 heavy (non-hydrogen) atoms.